The van der Waals surface area contributed by atoms with Gasteiger partial charge in [0.15, 0.2) is 5.11 Å². The van der Waals surface area contributed by atoms with E-state index in [4.69, 9.17) is 12.2 Å². The van der Waals surface area contributed by atoms with Crippen molar-refractivity contribution in [2.24, 2.45) is 0 Å². The molecular formula is C22H33N5O3S. The van der Waals surface area contributed by atoms with E-state index < -0.39 is 0 Å². The maximum absolute atomic E-state index is 12.0. The summed E-state index contributed by atoms with van der Waals surface area (Å²) in [6, 6.07) is 5.44. The van der Waals surface area contributed by atoms with Gasteiger partial charge in [-0.25, -0.2) is 0 Å². The number of amides is 1. The van der Waals surface area contributed by atoms with Crippen molar-refractivity contribution in [1.82, 2.24) is 10.2 Å². The first-order chi connectivity index (χ1) is 15.0. The molecule has 3 rings (SSSR count). The van der Waals surface area contributed by atoms with E-state index in [1.54, 1.807) is 6.07 Å². The van der Waals surface area contributed by atoms with Gasteiger partial charge >= 0.3 is 0 Å². The lowest BCUT2D eigenvalue weighted by molar-refractivity contribution is -0.384. The maximum Gasteiger partial charge on any atom is 0.292 e. The molecule has 8 nitrogen and oxygen atoms in total. The SMILES string of the molecule is CCCCCC(=O)NC(=S)N1CCN(c2ccc([N+](=O)[O-])c(N3CCCCC3)c2)CC1. The molecule has 0 aromatic heterocycles. The van der Waals surface area contributed by atoms with Crippen LogP contribution in [-0.2, 0) is 4.79 Å². The Balaban J connectivity index is 1.59. The van der Waals surface area contributed by atoms with E-state index in [9.17, 15) is 14.9 Å². The fraction of sp³-hybridized carbons (Fsp3) is 0.636. The molecule has 2 saturated heterocycles. The average molecular weight is 448 g/mol. The van der Waals surface area contributed by atoms with Gasteiger partial charge in [0.25, 0.3) is 5.69 Å². The smallest absolute Gasteiger partial charge is 0.292 e. The fourth-order valence-electron chi connectivity index (χ4n) is 4.22. The lowest BCUT2D eigenvalue weighted by atomic mass is 10.1. The number of hydrogen-bond donors (Lipinski definition) is 1. The Morgan fingerprint density at radius 2 is 1.77 bits per heavy atom. The number of anilines is 2. The minimum Gasteiger partial charge on any atom is -0.368 e. The van der Waals surface area contributed by atoms with Crippen molar-refractivity contribution in [3.05, 3.63) is 28.3 Å². The number of carbonyl (C=O) groups excluding carboxylic acids is 1. The molecule has 1 N–H and O–H groups in total. The van der Waals surface area contributed by atoms with E-state index in [-0.39, 0.29) is 16.5 Å². The Morgan fingerprint density at radius 1 is 1.06 bits per heavy atom. The molecule has 1 aromatic rings. The number of nitrogens with one attached hydrogen (secondary N) is 1. The van der Waals surface area contributed by atoms with E-state index in [0.29, 0.717) is 24.6 Å². The van der Waals surface area contributed by atoms with Crippen LogP contribution in [0.25, 0.3) is 0 Å². The molecule has 2 heterocycles. The van der Waals surface area contributed by atoms with Crippen LogP contribution < -0.4 is 15.1 Å². The van der Waals surface area contributed by atoms with Crippen LogP contribution in [-0.4, -0.2) is 60.1 Å². The molecule has 1 aromatic carbocycles. The number of hydrogen-bond acceptors (Lipinski definition) is 6. The lowest BCUT2D eigenvalue weighted by Gasteiger charge is -2.37. The molecule has 1 amide bonds. The molecule has 0 spiro atoms. The highest BCUT2D eigenvalue weighted by Crippen LogP contribution is 2.34. The first-order valence-electron chi connectivity index (χ1n) is 11.4. The van der Waals surface area contributed by atoms with Crippen LogP contribution in [0.2, 0.25) is 0 Å². The second-order valence-electron chi connectivity index (χ2n) is 8.26. The molecule has 9 heteroatoms. The summed E-state index contributed by atoms with van der Waals surface area (Å²) in [5.41, 5.74) is 1.90. The van der Waals surface area contributed by atoms with Gasteiger partial charge in [0.05, 0.1) is 4.92 Å². The number of piperazine rings is 1. The summed E-state index contributed by atoms with van der Waals surface area (Å²) < 4.78 is 0. The Labute approximate surface area is 189 Å². The lowest BCUT2D eigenvalue weighted by Crippen LogP contribution is -2.52. The second-order valence-corrected chi connectivity index (χ2v) is 8.65. The summed E-state index contributed by atoms with van der Waals surface area (Å²) in [5, 5.41) is 14.9. The molecule has 2 aliphatic rings. The van der Waals surface area contributed by atoms with Gasteiger partial charge in [-0.15, -0.1) is 0 Å². The average Bonchev–Trinajstić information content (AvgIpc) is 2.79. The zero-order valence-corrected chi connectivity index (χ0v) is 19.2. The van der Waals surface area contributed by atoms with Gasteiger partial charge in [0.2, 0.25) is 5.91 Å². The number of unbranched alkanes of at least 4 members (excludes halogenated alkanes) is 2. The first kappa shape index (κ1) is 23.2. The first-order valence-corrected chi connectivity index (χ1v) is 11.8. The predicted octanol–water partition coefficient (Wildman–Crippen LogP) is 3.69. The van der Waals surface area contributed by atoms with Crippen LogP contribution in [0.4, 0.5) is 17.1 Å². The van der Waals surface area contributed by atoms with Gasteiger partial charge in [0.1, 0.15) is 5.69 Å². The molecule has 0 aliphatic carbocycles. The van der Waals surface area contributed by atoms with E-state index in [0.717, 1.165) is 69.7 Å². The van der Waals surface area contributed by atoms with Gasteiger partial charge in [-0.2, -0.15) is 0 Å². The minimum absolute atomic E-state index is 0.0116. The number of rotatable bonds is 7. The normalized spacial score (nSPS) is 16.9. The molecule has 0 bridgehead atoms. The number of carbonyl (C=O) groups is 1. The predicted molar refractivity (Wildman–Crippen MR) is 128 cm³/mol. The summed E-state index contributed by atoms with van der Waals surface area (Å²) in [6.07, 6.45) is 6.86. The van der Waals surface area contributed by atoms with Gasteiger partial charge in [-0.05, 0) is 50.0 Å². The summed E-state index contributed by atoms with van der Waals surface area (Å²) in [7, 11) is 0. The van der Waals surface area contributed by atoms with E-state index in [1.165, 1.54) is 6.42 Å². The van der Waals surface area contributed by atoms with Crippen LogP contribution in [0.1, 0.15) is 51.9 Å². The van der Waals surface area contributed by atoms with Crippen molar-refractivity contribution in [2.75, 3.05) is 49.1 Å². The molecule has 0 saturated carbocycles. The molecular weight excluding hydrogens is 414 g/mol. The highest BCUT2D eigenvalue weighted by atomic mass is 32.1. The second kappa shape index (κ2) is 11.3. The van der Waals surface area contributed by atoms with Crippen molar-refractivity contribution >= 4 is 40.3 Å². The van der Waals surface area contributed by atoms with Crippen LogP contribution in [0.15, 0.2) is 18.2 Å². The van der Waals surface area contributed by atoms with Crippen molar-refractivity contribution < 1.29 is 9.72 Å². The van der Waals surface area contributed by atoms with Gasteiger partial charge in [-0.1, -0.05) is 19.8 Å². The Morgan fingerprint density at radius 3 is 2.42 bits per heavy atom. The Kier molecular flexibility index (Phi) is 8.45. The maximum atomic E-state index is 12.0. The summed E-state index contributed by atoms with van der Waals surface area (Å²) in [4.78, 5) is 29.7. The van der Waals surface area contributed by atoms with Crippen LogP contribution in [0.3, 0.4) is 0 Å². The van der Waals surface area contributed by atoms with E-state index in [1.807, 2.05) is 17.0 Å². The number of nitro groups is 1. The van der Waals surface area contributed by atoms with Gasteiger partial charge < -0.3 is 20.0 Å². The number of nitro benzene ring substituents is 1. The van der Waals surface area contributed by atoms with Crippen LogP contribution >= 0.6 is 12.2 Å². The molecule has 2 aliphatic heterocycles. The van der Waals surface area contributed by atoms with Gasteiger partial charge in [-0.3, -0.25) is 14.9 Å². The highest BCUT2D eigenvalue weighted by Gasteiger charge is 2.25. The Bertz CT molecular complexity index is 789. The van der Waals surface area contributed by atoms with Crippen molar-refractivity contribution in [1.29, 1.82) is 0 Å². The summed E-state index contributed by atoms with van der Waals surface area (Å²) >= 11 is 5.43. The van der Waals surface area contributed by atoms with E-state index >= 15 is 0 Å². The van der Waals surface area contributed by atoms with Crippen molar-refractivity contribution in [3.8, 4) is 0 Å². The third-order valence-electron chi connectivity index (χ3n) is 6.04. The van der Waals surface area contributed by atoms with E-state index in [2.05, 4.69) is 22.0 Å². The summed E-state index contributed by atoms with van der Waals surface area (Å²) in [6.45, 7) is 6.78. The van der Waals surface area contributed by atoms with Crippen molar-refractivity contribution in [2.45, 2.75) is 51.9 Å². The number of nitrogens with zero attached hydrogens (tertiary/aromatic N) is 4. The Hall–Kier alpha value is -2.42. The van der Waals surface area contributed by atoms with Crippen LogP contribution in [0, 0.1) is 10.1 Å². The molecule has 0 unspecified atom stereocenters. The van der Waals surface area contributed by atoms with Crippen LogP contribution in [0.5, 0.6) is 0 Å². The molecule has 2 fully saturated rings. The molecule has 170 valence electrons. The zero-order chi connectivity index (χ0) is 22.2. The zero-order valence-electron chi connectivity index (χ0n) is 18.3. The quantitative estimate of drug-likeness (QED) is 0.295. The van der Waals surface area contributed by atoms with Gasteiger partial charge in [0, 0.05) is 57.4 Å². The summed E-state index contributed by atoms with van der Waals surface area (Å²) in [5.74, 6) is -0.0116. The largest absolute Gasteiger partial charge is 0.368 e. The highest BCUT2D eigenvalue weighted by molar-refractivity contribution is 7.80. The fourth-order valence-corrected chi connectivity index (χ4v) is 4.51. The molecule has 0 radical (unpaired) electrons. The monoisotopic (exact) mass is 447 g/mol. The third kappa shape index (κ3) is 6.29. The van der Waals surface area contributed by atoms with Crippen molar-refractivity contribution in [3.63, 3.8) is 0 Å². The minimum atomic E-state index is -0.284. The standard InChI is InChI=1S/C22H33N5O3S/c1-2-3-5-8-21(28)23-22(31)26-15-13-24(14-16-26)18-9-10-19(27(29)30)20(17-18)25-11-6-4-7-12-25/h9-10,17H,2-8,11-16H2,1H3,(H,23,28,31). The number of piperidine rings is 1. The third-order valence-corrected chi connectivity index (χ3v) is 6.40. The molecule has 0 atom stereocenters. The number of thiocarbonyl (C=S) groups is 1. The molecule has 31 heavy (non-hydrogen) atoms. The topological polar surface area (TPSA) is 82.0 Å². The number of benzene rings is 1.